The quantitative estimate of drug-likeness (QED) is 0.561. The monoisotopic (exact) mass is 436 g/mol. The van der Waals surface area contributed by atoms with Crippen molar-refractivity contribution >= 4 is 32.4 Å². The Morgan fingerprint density at radius 3 is 2.52 bits per heavy atom. The molecule has 0 aliphatic carbocycles. The predicted octanol–water partition coefficient (Wildman–Crippen LogP) is 2.36. The molecule has 0 aliphatic rings. The number of aromatic nitrogens is 4. The van der Waals surface area contributed by atoms with Crippen LogP contribution in [0, 0.1) is 12.3 Å². The molecule has 0 atom stereocenters. The third-order valence-corrected chi connectivity index (χ3v) is 6.34. The lowest BCUT2D eigenvalue weighted by atomic mass is 9.96. The number of aryl methyl sites for hydroxylation is 1. The largest absolute Gasteiger partial charge is 0.338 e. The second kappa shape index (κ2) is 7.97. The summed E-state index contributed by atoms with van der Waals surface area (Å²) in [4.78, 5) is 16.2. The van der Waals surface area contributed by atoms with Gasteiger partial charge in [0, 0.05) is 11.0 Å². The third-order valence-electron chi connectivity index (χ3n) is 3.73. The Balaban J connectivity index is 1.65. The summed E-state index contributed by atoms with van der Waals surface area (Å²) in [5, 5.41) is 13.8. The Morgan fingerprint density at radius 2 is 1.86 bits per heavy atom. The first-order chi connectivity index (χ1) is 13.5. The summed E-state index contributed by atoms with van der Waals surface area (Å²) >= 11 is 0.752. The van der Waals surface area contributed by atoms with Crippen LogP contribution in [-0.4, -0.2) is 34.7 Å². The molecule has 3 aromatic rings. The zero-order valence-electron chi connectivity index (χ0n) is 16.3. The lowest BCUT2D eigenvalue weighted by molar-refractivity contribution is -0.123. The maximum atomic E-state index is 12.4. The molecule has 0 fully saturated rings. The lowest BCUT2D eigenvalue weighted by Gasteiger charge is -2.15. The molecule has 29 heavy (non-hydrogen) atoms. The van der Waals surface area contributed by atoms with Gasteiger partial charge in [-0.3, -0.25) is 4.79 Å². The van der Waals surface area contributed by atoms with E-state index in [1.54, 1.807) is 20.8 Å². The Hall–Kier alpha value is -2.70. The number of nitrogens with one attached hydrogen (secondary N) is 2. The second-order valence-electron chi connectivity index (χ2n) is 7.28. The summed E-state index contributed by atoms with van der Waals surface area (Å²) in [5.41, 5.74) is 1.22. The zero-order chi connectivity index (χ0) is 21.2. The second-order valence-corrected chi connectivity index (χ2v) is 10.2. The number of rotatable bonds is 6. The van der Waals surface area contributed by atoms with Crippen LogP contribution in [0.15, 0.2) is 33.1 Å². The number of carbonyl (C=O) groups excluding carboxylic acids is 1. The fourth-order valence-electron chi connectivity index (χ4n) is 2.02. The third kappa shape index (κ3) is 5.22. The predicted molar refractivity (Wildman–Crippen MR) is 106 cm³/mol. The SMILES string of the molecule is Cc1ccc(-c2noc(CNS(=O)(=O)c3nnc(NC(=O)C(C)(C)C)s3)n2)cc1. The minimum Gasteiger partial charge on any atom is -0.338 e. The van der Waals surface area contributed by atoms with E-state index in [2.05, 4.69) is 30.4 Å². The average molecular weight is 437 g/mol. The molecule has 2 aromatic heterocycles. The summed E-state index contributed by atoms with van der Waals surface area (Å²) in [6, 6.07) is 7.53. The number of hydrogen-bond acceptors (Lipinski definition) is 9. The molecule has 0 unspecified atom stereocenters. The summed E-state index contributed by atoms with van der Waals surface area (Å²) in [5.74, 6) is 0.178. The molecule has 0 bridgehead atoms. The highest BCUT2D eigenvalue weighted by Crippen LogP contribution is 2.23. The highest BCUT2D eigenvalue weighted by Gasteiger charge is 2.25. The van der Waals surface area contributed by atoms with Crippen molar-refractivity contribution in [2.45, 2.75) is 38.6 Å². The van der Waals surface area contributed by atoms with E-state index in [0.29, 0.717) is 5.82 Å². The molecule has 0 saturated carbocycles. The van der Waals surface area contributed by atoms with Gasteiger partial charge >= 0.3 is 0 Å². The van der Waals surface area contributed by atoms with E-state index < -0.39 is 15.4 Å². The van der Waals surface area contributed by atoms with Gasteiger partial charge in [0.05, 0.1) is 6.54 Å². The minimum absolute atomic E-state index is 0.102. The van der Waals surface area contributed by atoms with E-state index in [1.807, 2.05) is 31.2 Å². The van der Waals surface area contributed by atoms with Gasteiger partial charge in [-0.15, -0.1) is 10.2 Å². The molecule has 1 aromatic carbocycles. The van der Waals surface area contributed by atoms with E-state index >= 15 is 0 Å². The number of sulfonamides is 1. The highest BCUT2D eigenvalue weighted by molar-refractivity contribution is 7.91. The van der Waals surface area contributed by atoms with Crippen molar-refractivity contribution in [2.24, 2.45) is 5.41 Å². The van der Waals surface area contributed by atoms with Crippen molar-refractivity contribution < 1.29 is 17.7 Å². The molecule has 0 aliphatic heterocycles. The standard InChI is InChI=1S/C17H20N6O4S2/c1-10-5-7-11(8-6-10)13-19-12(27-23-13)9-18-29(25,26)16-22-21-15(28-16)20-14(24)17(2,3)4/h5-8,18H,9H2,1-4H3,(H,20,21,24). The minimum atomic E-state index is -3.95. The van der Waals surface area contributed by atoms with Crippen LogP contribution in [0.1, 0.15) is 32.2 Å². The smallest absolute Gasteiger partial charge is 0.270 e. The number of nitrogens with zero attached hydrogens (tertiary/aromatic N) is 4. The normalized spacial score (nSPS) is 12.1. The van der Waals surface area contributed by atoms with E-state index in [1.165, 1.54) is 0 Å². The van der Waals surface area contributed by atoms with Crippen molar-refractivity contribution in [3.05, 3.63) is 35.7 Å². The van der Waals surface area contributed by atoms with Gasteiger partial charge in [-0.25, -0.2) is 8.42 Å². The zero-order valence-corrected chi connectivity index (χ0v) is 17.9. The lowest BCUT2D eigenvalue weighted by Crippen LogP contribution is -2.27. The Labute approximate surface area is 171 Å². The summed E-state index contributed by atoms with van der Waals surface area (Å²) < 4.78 is 32.0. The van der Waals surface area contributed by atoms with Crippen LogP contribution in [0.5, 0.6) is 0 Å². The summed E-state index contributed by atoms with van der Waals surface area (Å²) in [7, 11) is -3.95. The number of amides is 1. The molecular weight excluding hydrogens is 416 g/mol. The van der Waals surface area contributed by atoms with Crippen LogP contribution >= 0.6 is 11.3 Å². The van der Waals surface area contributed by atoms with Gasteiger partial charge in [0.25, 0.3) is 10.0 Å². The summed E-state index contributed by atoms with van der Waals surface area (Å²) in [6.07, 6.45) is 0. The fourth-order valence-corrected chi connectivity index (χ4v) is 3.93. The van der Waals surface area contributed by atoms with Crippen LogP contribution in [-0.2, 0) is 21.4 Å². The Morgan fingerprint density at radius 1 is 1.17 bits per heavy atom. The van der Waals surface area contributed by atoms with Crippen LogP contribution in [0.3, 0.4) is 0 Å². The number of hydrogen-bond donors (Lipinski definition) is 2. The van der Waals surface area contributed by atoms with Crippen molar-refractivity contribution in [1.82, 2.24) is 25.1 Å². The maximum absolute atomic E-state index is 12.4. The first-order valence-electron chi connectivity index (χ1n) is 8.59. The van der Waals surface area contributed by atoms with Gasteiger partial charge in [0.1, 0.15) is 0 Å². The molecule has 10 nitrogen and oxygen atoms in total. The molecular formula is C17H20N6O4S2. The molecule has 2 heterocycles. The van der Waals surface area contributed by atoms with E-state index in [-0.39, 0.29) is 27.8 Å². The molecule has 12 heteroatoms. The molecule has 3 rings (SSSR count). The van der Waals surface area contributed by atoms with E-state index in [0.717, 1.165) is 22.5 Å². The number of anilines is 1. The van der Waals surface area contributed by atoms with Gasteiger partial charge < -0.3 is 9.84 Å². The number of carbonyl (C=O) groups is 1. The van der Waals surface area contributed by atoms with E-state index in [4.69, 9.17) is 4.52 Å². The van der Waals surface area contributed by atoms with Crippen LogP contribution in [0.25, 0.3) is 11.4 Å². The van der Waals surface area contributed by atoms with Gasteiger partial charge in [-0.05, 0) is 6.92 Å². The average Bonchev–Trinajstić information content (AvgIpc) is 3.30. The van der Waals surface area contributed by atoms with Gasteiger partial charge in [-0.2, -0.15) is 9.71 Å². The van der Waals surface area contributed by atoms with Gasteiger partial charge in [0.2, 0.25) is 27.1 Å². The molecule has 2 N–H and O–H groups in total. The van der Waals surface area contributed by atoms with Crippen molar-refractivity contribution in [3.63, 3.8) is 0 Å². The van der Waals surface area contributed by atoms with Crippen molar-refractivity contribution in [3.8, 4) is 11.4 Å². The first kappa shape index (κ1) is 21.0. The maximum Gasteiger partial charge on any atom is 0.270 e. The molecule has 1 amide bonds. The Kier molecular flexibility index (Phi) is 5.78. The van der Waals surface area contributed by atoms with Crippen LogP contribution in [0.4, 0.5) is 5.13 Å². The topological polar surface area (TPSA) is 140 Å². The first-order valence-corrected chi connectivity index (χ1v) is 10.9. The van der Waals surface area contributed by atoms with Crippen LogP contribution in [0.2, 0.25) is 0 Å². The van der Waals surface area contributed by atoms with E-state index in [9.17, 15) is 13.2 Å². The Bertz CT molecular complexity index is 1110. The highest BCUT2D eigenvalue weighted by atomic mass is 32.2. The van der Waals surface area contributed by atoms with Gasteiger partial charge in [-0.1, -0.05) is 67.1 Å². The summed E-state index contributed by atoms with van der Waals surface area (Å²) in [6.45, 7) is 6.96. The van der Waals surface area contributed by atoms with Gasteiger partial charge in [0.15, 0.2) is 0 Å². The van der Waals surface area contributed by atoms with Crippen molar-refractivity contribution in [1.29, 1.82) is 0 Å². The molecule has 0 radical (unpaired) electrons. The molecule has 0 saturated heterocycles. The number of benzene rings is 1. The molecule has 0 spiro atoms. The van der Waals surface area contributed by atoms with Crippen molar-refractivity contribution in [2.75, 3.05) is 5.32 Å². The van der Waals surface area contributed by atoms with Crippen LogP contribution < -0.4 is 10.0 Å². The molecule has 154 valence electrons. The fraction of sp³-hybridized carbons (Fsp3) is 0.353.